The summed E-state index contributed by atoms with van der Waals surface area (Å²) in [5, 5.41) is 1.14. The van der Waals surface area contributed by atoms with Crippen LogP contribution in [0, 0.1) is 6.07 Å². The number of hydrogen-bond acceptors (Lipinski definition) is 1. The van der Waals surface area contributed by atoms with Gasteiger partial charge in [0.2, 0.25) is 0 Å². The molecule has 0 aliphatic rings. The summed E-state index contributed by atoms with van der Waals surface area (Å²) in [5.74, 6) is 0.515. The Hall–Kier alpha value is -0.400. The van der Waals surface area contributed by atoms with Crippen LogP contribution in [0.4, 0.5) is 0 Å². The highest BCUT2D eigenvalue weighted by Crippen LogP contribution is 2.31. The molecule has 1 rings (SSSR count). The Morgan fingerprint density at radius 2 is 2.17 bits per heavy atom. The summed E-state index contributed by atoms with van der Waals surface area (Å²) in [6.45, 7) is 2.01. The first kappa shape index (κ1) is 9.69. The molecule has 0 N–H and O–H groups in total. The summed E-state index contributed by atoms with van der Waals surface area (Å²) in [7, 11) is 1.55. The zero-order valence-corrected chi connectivity index (χ0v) is 8.46. The Kier molecular flexibility index (Phi) is 3.24. The number of hydrogen-bond donors (Lipinski definition) is 0. The van der Waals surface area contributed by atoms with Crippen LogP contribution in [0.5, 0.6) is 5.75 Å². The van der Waals surface area contributed by atoms with Gasteiger partial charge in [0.05, 0.1) is 17.2 Å². The molecule has 0 saturated carbocycles. The van der Waals surface area contributed by atoms with Crippen LogP contribution >= 0.6 is 23.2 Å². The number of benzene rings is 1. The number of ether oxygens (including phenoxy) is 1. The Balaban J connectivity index is 3.22. The Morgan fingerprint density at radius 3 is 2.67 bits per heavy atom. The van der Waals surface area contributed by atoms with Crippen LogP contribution in [0.2, 0.25) is 10.0 Å². The maximum atomic E-state index is 5.97. The van der Waals surface area contributed by atoms with Crippen molar-refractivity contribution in [2.24, 2.45) is 0 Å². The van der Waals surface area contributed by atoms with E-state index < -0.39 is 0 Å². The molecule has 1 radical (unpaired) electrons. The van der Waals surface area contributed by atoms with Crippen molar-refractivity contribution in [2.75, 3.05) is 7.11 Å². The van der Waals surface area contributed by atoms with Crippen LogP contribution < -0.4 is 4.74 Å². The third kappa shape index (κ3) is 1.85. The molecule has 1 aromatic rings. The fourth-order valence-electron chi connectivity index (χ4n) is 0.959. The van der Waals surface area contributed by atoms with Crippen LogP contribution in [-0.2, 0) is 6.42 Å². The molecule has 0 aliphatic carbocycles. The molecule has 0 aliphatic heterocycles. The van der Waals surface area contributed by atoms with Crippen molar-refractivity contribution in [2.45, 2.75) is 13.3 Å². The Bertz CT molecular complexity index is 259. The monoisotopic (exact) mass is 203 g/mol. The first-order chi connectivity index (χ1) is 5.69. The van der Waals surface area contributed by atoms with E-state index in [-0.39, 0.29) is 0 Å². The van der Waals surface area contributed by atoms with Gasteiger partial charge in [-0.15, -0.1) is 0 Å². The highest BCUT2D eigenvalue weighted by molar-refractivity contribution is 6.34. The molecule has 0 unspecified atom stereocenters. The third-order valence-electron chi connectivity index (χ3n) is 1.60. The minimum absolute atomic E-state index is 0.515. The standard InChI is InChI=1S/C9H9Cl2O/c1-3-6-4-7(10)5-8(12-2)9(6)11/h4H,3H2,1-2H3. The molecule has 0 amide bonds. The van der Waals surface area contributed by atoms with Crippen molar-refractivity contribution in [1.82, 2.24) is 0 Å². The van der Waals surface area contributed by atoms with Gasteiger partial charge in [0.25, 0.3) is 0 Å². The van der Waals surface area contributed by atoms with E-state index in [2.05, 4.69) is 6.07 Å². The minimum atomic E-state index is 0.515. The molecule has 0 atom stereocenters. The first-order valence-corrected chi connectivity index (χ1v) is 4.38. The zero-order chi connectivity index (χ0) is 9.14. The summed E-state index contributed by atoms with van der Waals surface area (Å²) >= 11 is 11.8. The van der Waals surface area contributed by atoms with Gasteiger partial charge in [-0.1, -0.05) is 30.1 Å². The molecule has 0 fully saturated rings. The summed E-state index contributed by atoms with van der Waals surface area (Å²) < 4.78 is 5.00. The summed E-state index contributed by atoms with van der Waals surface area (Å²) in [4.78, 5) is 0. The predicted octanol–water partition coefficient (Wildman–Crippen LogP) is 3.36. The topological polar surface area (TPSA) is 9.23 Å². The number of halogens is 2. The fraction of sp³-hybridized carbons (Fsp3) is 0.333. The van der Waals surface area contributed by atoms with Crippen molar-refractivity contribution >= 4 is 23.2 Å². The number of methoxy groups -OCH3 is 1. The van der Waals surface area contributed by atoms with Crippen LogP contribution in [0.25, 0.3) is 0 Å². The second-order valence-corrected chi connectivity index (χ2v) is 3.13. The highest BCUT2D eigenvalue weighted by Gasteiger charge is 2.07. The van der Waals surface area contributed by atoms with E-state index in [1.807, 2.05) is 6.92 Å². The van der Waals surface area contributed by atoms with Gasteiger partial charge < -0.3 is 4.74 Å². The smallest absolute Gasteiger partial charge is 0.147 e. The van der Waals surface area contributed by atoms with E-state index in [1.54, 1.807) is 13.2 Å². The van der Waals surface area contributed by atoms with Crippen LogP contribution in [0.3, 0.4) is 0 Å². The lowest BCUT2D eigenvalue weighted by atomic mass is 10.1. The second kappa shape index (κ2) is 4.01. The number of rotatable bonds is 2. The molecule has 0 spiro atoms. The minimum Gasteiger partial charge on any atom is -0.494 e. The third-order valence-corrected chi connectivity index (χ3v) is 2.22. The van der Waals surface area contributed by atoms with Crippen molar-refractivity contribution in [3.63, 3.8) is 0 Å². The summed E-state index contributed by atoms with van der Waals surface area (Å²) in [6.07, 6.45) is 0.837. The quantitative estimate of drug-likeness (QED) is 0.717. The maximum Gasteiger partial charge on any atom is 0.147 e. The molecular weight excluding hydrogens is 195 g/mol. The van der Waals surface area contributed by atoms with Crippen molar-refractivity contribution in [1.29, 1.82) is 0 Å². The van der Waals surface area contributed by atoms with Gasteiger partial charge in [-0.2, -0.15) is 0 Å². The van der Waals surface area contributed by atoms with E-state index in [1.165, 1.54) is 0 Å². The summed E-state index contributed by atoms with van der Waals surface area (Å²) in [5.41, 5.74) is 0.984. The van der Waals surface area contributed by atoms with Crippen LogP contribution in [0.15, 0.2) is 6.07 Å². The van der Waals surface area contributed by atoms with Gasteiger partial charge in [0, 0.05) is 6.07 Å². The largest absolute Gasteiger partial charge is 0.494 e. The first-order valence-electron chi connectivity index (χ1n) is 3.63. The van der Waals surface area contributed by atoms with Gasteiger partial charge in [0.1, 0.15) is 5.75 Å². The van der Waals surface area contributed by atoms with Crippen LogP contribution in [-0.4, -0.2) is 7.11 Å². The normalized spacial score (nSPS) is 10.0. The van der Waals surface area contributed by atoms with Gasteiger partial charge in [-0.05, 0) is 18.1 Å². The SMILES string of the molecule is CCc1cc(Cl)[c]c(OC)c1Cl. The van der Waals surface area contributed by atoms with Gasteiger partial charge in [-0.3, -0.25) is 0 Å². The van der Waals surface area contributed by atoms with E-state index >= 15 is 0 Å². The molecule has 12 heavy (non-hydrogen) atoms. The van der Waals surface area contributed by atoms with Gasteiger partial charge in [-0.25, -0.2) is 0 Å². The molecule has 65 valence electrons. The zero-order valence-electron chi connectivity index (χ0n) is 6.95. The highest BCUT2D eigenvalue weighted by atomic mass is 35.5. The molecular formula is C9H9Cl2O. The predicted molar refractivity (Wildman–Crippen MR) is 51.2 cm³/mol. The number of aryl methyl sites for hydroxylation is 1. The molecule has 0 saturated heterocycles. The molecule has 1 nitrogen and oxygen atoms in total. The fourth-order valence-corrected chi connectivity index (χ4v) is 1.49. The molecule has 0 aromatic heterocycles. The van der Waals surface area contributed by atoms with Crippen molar-refractivity contribution < 1.29 is 4.74 Å². The Morgan fingerprint density at radius 1 is 1.50 bits per heavy atom. The van der Waals surface area contributed by atoms with Crippen molar-refractivity contribution in [3.8, 4) is 5.75 Å². The van der Waals surface area contributed by atoms with Gasteiger partial charge in [0.15, 0.2) is 0 Å². The molecule has 0 bridgehead atoms. The molecule has 1 aromatic carbocycles. The molecule has 3 heteroatoms. The van der Waals surface area contributed by atoms with E-state index in [0.717, 1.165) is 12.0 Å². The summed E-state index contributed by atoms with van der Waals surface area (Å²) in [6, 6.07) is 4.61. The van der Waals surface area contributed by atoms with Crippen LogP contribution in [0.1, 0.15) is 12.5 Å². The average molecular weight is 204 g/mol. The second-order valence-electron chi connectivity index (χ2n) is 2.34. The molecule has 0 heterocycles. The van der Waals surface area contributed by atoms with E-state index in [4.69, 9.17) is 27.9 Å². The van der Waals surface area contributed by atoms with E-state index in [9.17, 15) is 0 Å². The van der Waals surface area contributed by atoms with Gasteiger partial charge >= 0.3 is 0 Å². The lowest BCUT2D eigenvalue weighted by Gasteiger charge is -2.06. The lowest BCUT2D eigenvalue weighted by molar-refractivity contribution is 0.413. The lowest BCUT2D eigenvalue weighted by Crippen LogP contribution is -1.89. The van der Waals surface area contributed by atoms with Crippen molar-refractivity contribution in [3.05, 3.63) is 27.7 Å². The average Bonchev–Trinajstić information content (AvgIpc) is 2.08. The maximum absolute atomic E-state index is 5.97. The van der Waals surface area contributed by atoms with E-state index in [0.29, 0.717) is 15.8 Å². The Labute approximate surface area is 82.2 Å².